The Labute approximate surface area is 161 Å². The number of carbonyl (C=O) groups excluding carboxylic acids is 1. The standard InChI is InChI=1S/C21H30N2O4/c1-4-5-8-23-14-21(27-20(23)24)7-10-22-9-6-15-11-18(25-2)19(26-3)12-16(15)17(22)13-21/h11-12,17H,4-10,13-14H2,1-3H3/t17-,21+/m0/s1. The largest absolute Gasteiger partial charge is 0.493 e. The topological polar surface area (TPSA) is 51.2 Å². The van der Waals surface area contributed by atoms with Crippen LogP contribution in [-0.2, 0) is 11.2 Å². The number of hydrogen-bond donors (Lipinski definition) is 0. The second-order valence-corrected chi connectivity index (χ2v) is 7.99. The number of carbonyl (C=O) groups is 1. The molecule has 1 amide bonds. The van der Waals surface area contributed by atoms with E-state index >= 15 is 0 Å². The second-order valence-electron chi connectivity index (χ2n) is 7.99. The summed E-state index contributed by atoms with van der Waals surface area (Å²) in [4.78, 5) is 16.8. The fourth-order valence-electron chi connectivity index (χ4n) is 4.84. The van der Waals surface area contributed by atoms with E-state index in [1.54, 1.807) is 14.2 Å². The lowest BCUT2D eigenvalue weighted by molar-refractivity contribution is -0.0300. The average Bonchev–Trinajstić information content (AvgIpc) is 2.99. The maximum absolute atomic E-state index is 12.4. The van der Waals surface area contributed by atoms with E-state index < -0.39 is 0 Å². The Bertz CT molecular complexity index is 722. The zero-order chi connectivity index (χ0) is 19.0. The number of fused-ring (bicyclic) bond motifs is 3. The van der Waals surface area contributed by atoms with Gasteiger partial charge in [-0.05, 0) is 36.1 Å². The number of benzene rings is 1. The minimum atomic E-state index is -0.353. The molecule has 6 heteroatoms. The van der Waals surface area contributed by atoms with Gasteiger partial charge in [-0.25, -0.2) is 4.79 Å². The molecule has 2 fully saturated rings. The van der Waals surface area contributed by atoms with E-state index in [4.69, 9.17) is 14.2 Å². The van der Waals surface area contributed by atoms with Gasteiger partial charge >= 0.3 is 6.09 Å². The molecular formula is C21H30N2O4. The smallest absolute Gasteiger partial charge is 0.410 e. The number of ether oxygens (including phenoxy) is 3. The molecule has 0 N–H and O–H groups in total. The maximum Gasteiger partial charge on any atom is 0.410 e. The van der Waals surface area contributed by atoms with Gasteiger partial charge in [-0.15, -0.1) is 0 Å². The van der Waals surface area contributed by atoms with Crippen molar-refractivity contribution >= 4 is 6.09 Å². The predicted molar refractivity (Wildman–Crippen MR) is 102 cm³/mol. The quantitative estimate of drug-likeness (QED) is 0.791. The third-order valence-corrected chi connectivity index (χ3v) is 6.36. The Morgan fingerprint density at radius 2 is 2.00 bits per heavy atom. The Morgan fingerprint density at radius 1 is 1.22 bits per heavy atom. The third kappa shape index (κ3) is 3.24. The molecule has 0 radical (unpaired) electrons. The molecule has 0 unspecified atom stereocenters. The van der Waals surface area contributed by atoms with Crippen LogP contribution < -0.4 is 9.47 Å². The number of piperidine rings is 1. The number of hydrogen-bond acceptors (Lipinski definition) is 5. The van der Waals surface area contributed by atoms with Gasteiger partial charge < -0.3 is 19.1 Å². The van der Waals surface area contributed by atoms with Crippen LogP contribution in [0.1, 0.15) is 49.8 Å². The molecule has 3 aliphatic rings. The molecule has 27 heavy (non-hydrogen) atoms. The van der Waals surface area contributed by atoms with Gasteiger partial charge in [0, 0.05) is 38.5 Å². The molecule has 0 aliphatic carbocycles. The van der Waals surface area contributed by atoms with Crippen LogP contribution in [0.4, 0.5) is 4.79 Å². The van der Waals surface area contributed by atoms with Crippen LogP contribution in [0.3, 0.4) is 0 Å². The molecule has 1 aromatic carbocycles. The first kappa shape index (κ1) is 18.4. The van der Waals surface area contributed by atoms with E-state index in [0.717, 1.165) is 69.8 Å². The van der Waals surface area contributed by atoms with Crippen molar-refractivity contribution in [3.63, 3.8) is 0 Å². The van der Waals surface area contributed by atoms with Crippen molar-refractivity contribution in [2.24, 2.45) is 0 Å². The Kier molecular flexibility index (Phi) is 4.93. The lowest BCUT2D eigenvalue weighted by Gasteiger charge is -2.46. The van der Waals surface area contributed by atoms with Crippen molar-refractivity contribution in [1.82, 2.24) is 9.80 Å². The van der Waals surface area contributed by atoms with Gasteiger partial charge in [-0.2, -0.15) is 0 Å². The third-order valence-electron chi connectivity index (χ3n) is 6.36. The highest BCUT2D eigenvalue weighted by molar-refractivity contribution is 5.70. The summed E-state index contributed by atoms with van der Waals surface area (Å²) in [5.41, 5.74) is 2.26. The van der Waals surface area contributed by atoms with E-state index in [1.807, 2.05) is 4.90 Å². The summed E-state index contributed by atoms with van der Waals surface area (Å²) in [6, 6.07) is 4.50. The summed E-state index contributed by atoms with van der Waals surface area (Å²) < 4.78 is 17.0. The summed E-state index contributed by atoms with van der Waals surface area (Å²) >= 11 is 0. The number of rotatable bonds is 5. The van der Waals surface area contributed by atoms with Crippen LogP contribution >= 0.6 is 0 Å². The number of nitrogens with zero attached hydrogens (tertiary/aromatic N) is 2. The molecule has 148 valence electrons. The minimum Gasteiger partial charge on any atom is -0.493 e. The summed E-state index contributed by atoms with van der Waals surface area (Å²) in [5, 5.41) is 0. The molecule has 0 saturated carbocycles. The van der Waals surface area contributed by atoms with Gasteiger partial charge in [0.25, 0.3) is 0 Å². The zero-order valence-electron chi connectivity index (χ0n) is 16.6. The monoisotopic (exact) mass is 374 g/mol. The Balaban J connectivity index is 1.60. The fraction of sp³-hybridized carbons (Fsp3) is 0.667. The SMILES string of the molecule is CCCCN1C[C@]2(CCN3CCc4cc(OC)c(OC)cc4[C@@H]3C2)OC1=O. The number of methoxy groups -OCH3 is 2. The lowest BCUT2D eigenvalue weighted by Crippen LogP contribution is -2.50. The maximum atomic E-state index is 12.4. The van der Waals surface area contributed by atoms with E-state index in [1.165, 1.54) is 11.1 Å². The minimum absolute atomic E-state index is 0.139. The average molecular weight is 374 g/mol. The van der Waals surface area contributed by atoms with Gasteiger partial charge in [0.1, 0.15) is 5.60 Å². The van der Waals surface area contributed by atoms with Gasteiger partial charge in [-0.1, -0.05) is 13.3 Å². The van der Waals surface area contributed by atoms with Gasteiger partial charge in [0.05, 0.1) is 20.8 Å². The van der Waals surface area contributed by atoms with E-state index in [9.17, 15) is 4.79 Å². The van der Waals surface area contributed by atoms with Gasteiger partial charge in [0.15, 0.2) is 11.5 Å². The molecule has 3 heterocycles. The summed E-state index contributed by atoms with van der Waals surface area (Å²) in [5.74, 6) is 1.55. The van der Waals surface area contributed by atoms with E-state index in [0.29, 0.717) is 0 Å². The van der Waals surface area contributed by atoms with Crippen LogP contribution in [0.15, 0.2) is 12.1 Å². The van der Waals surface area contributed by atoms with E-state index in [2.05, 4.69) is 24.0 Å². The summed E-state index contributed by atoms with van der Waals surface area (Å²) in [6.07, 6.45) is 4.76. The van der Waals surface area contributed by atoms with Crippen molar-refractivity contribution in [3.05, 3.63) is 23.3 Å². The normalized spacial score (nSPS) is 27.3. The summed E-state index contributed by atoms with van der Waals surface area (Å²) in [6.45, 7) is 5.67. The molecule has 2 saturated heterocycles. The number of unbranched alkanes of at least 4 members (excludes halogenated alkanes) is 1. The zero-order valence-corrected chi connectivity index (χ0v) is 16.6. The van der Waals surface area contributed by atoms with Crippen molar-refractivity contribution in [2.75, 3.05) is 40.4 Å². The van der Waals surface area contributed by atoms with Gasteiger partial charge in [-0.3, -0.25) is 4.90 Å². The number of amides is 1. The lowest BCUT2D eigenvalue weighted by atomic mass is 9.79. The molecule has 4 rings (SSSR count). The van der Waals surface area contributed by atoms with E-state index in [-0.39, 0.29) is 17.7 Å². The molecule has 1 spiro atoms. The highest BCUT2D eigenvalue weighted by Gasteiger charge is 2.50. The molecule has 0 aromatic heterocycles. The van der Waals surface area contributed by atoms with Crippen molar-refractivity contribution in [3.8, 4) is 11.5 Å². The predicted octanol–water partition coefficient (Wildman–Crippen LogP) is 3.39. The van der Waals surface area contributed by atoms with Gasteiger partial charge in [0.2, 0.25) is 0 Å². The Hall–Kier alpha value is -1.95. The van der Waals surface area contributed by atoms with Crippen LogP contribution in [-0.4, -0.2) is 61.9 Å². The van der Waals surface area contributed by atoms with Crippen molar-refractivity contribution < 1.29 is 19.0 Å². The Morgan fingerprint density at radius 3 is 2.74 bits per heavy atom. The van der Waals surface area contributed by atoms with Crippen LogP contribution in [0, 0.1) is 0 Å². The first-order valence-electron chi connectivity index (χ1n) is 10.1. The van der Waals surface area contributed by atoms with Crippen molar-refractivity contribution in [1.29, 1.82) is 0 Å². The first-order chi connectivity index (χ1) is 13.1. The highest BCUT2D eigenvalue weighted by Crippen LogP contribution is 2.46. The molecule has 3 aliphatic heterocycles. The van der Waals surface area contributed by atoms with Crippen molar-refractivity contribution in [2.45, 2.75) is 50.7 Å². The van der Waals surface area contributed by atoms with Crippen LogP contribution in [0.5, 0.6) is 11.5 Å². The molecular weight excluding hydrogens is 344 g/mol. The molecule has 0 bridgehead atoms. The fourth-order valence-corrected chi connectivity index (χ4v) is 4.84. The summed E-state index contributed by atoms with van der Waals surface area (Å²) in [7, 11) is 3.36. The second kappa shape index (κ2) is 7.23. The highest BCUT2D eigenvalue weighted by atomic mass is 16.6. The van der Waals surface area contributed by atoms with Crippen LogP contribution in [0.25, 0.3) is 0 Å². The molecule has 2 atom stereocenters. The van der Waals surface area contributed by atoms with Crippen LogP contribution in [0.2, 0.25) is 0 Å². The molecule has 6 nitrogen and oxygen atoms in total. The molecule has 1 aromatic rings. The first-order valence-corrected chi connectivity index (χ1v) is 10.1.